The van der Waals surface area contributed by atoms with E-state index in [9.17, 15) is 9.59 Å². The highest BCUT2D eigenvalue weighted by Gasteiger charge is 2.21. The molecule has 0 heterocycles. The number of nitrogens with one attached hydrogen (secondary N) is 1. The molecule has 0 spiro atoms. The number of carboxylic acid groups (broad SMARTS) is 1. The van der Waals surface area contributed by atoms with Crippen molar-refractivity contribution in [2.75, 3.05) is 0 Å². The van der Waals surface area contributed by atoms with Crippen LogP contribution in [0.3, 0.4) is 0 Å². The van der Waals surface area contributed by atoms with Gasteiger partial charge in [0, 0.05) is 11.1 Å². The lowest BCUT2D eigenvalue weighted by Gasteiger charge is -2.23. The molecule has 1 atom stereocenters. The normalized spacial score (nSPS) is 12.6. The van der Waals surface area contributed by atoms with Gasteiger partial charge < -0.3 is 15.2 Å². The van der Waals surface area contributed by atoms with Crippen molar-refractivity contribution < 1.29 is 19.4 Å². The summed E-state index contributed by atoms with van der Waals surface area (Å²) in [4.78, 5) is 22.7. The van der Waals surface area contributed by atoms with Crippen molar-refractivity contribution in [2.45, 2.75) is 45.3 Å². The van der Waals surface area contributed by atoms with Crippen LogP contribution in [0.25, 0.3) is 0 Å². The second-order valence-electron chi connectivity index (χ2n) is 5.77. The summed E-state index contributed by atoms with van der Waals surface area (Å²) in [5, 5.41) is 12.1. The SMILES string of the molecule is CC(C)(C)OC(=O)N[C@@H](CC(=O)O)Cc1ccc(Cl)cc1. The molecule has 1 amide bonds. The van der Waals surface area contributed by atoms with Gasteiger partial charge in [0.05, 0.1) is 6.42 Å². The number of benzene rings is 1. The molecule has 0 aliphatic carbocycles. The molecule has 5 nitrogen and oxygen atoms in total. The predicted octanol–water partition coefficient (Wildman–Crippen LogP) is 3.25. The molecule has 0 saturated heterocycles. The molecular weight excluding hydrogens is 294 g/mol. The van der Waals surface area contributed by atoms with Crippen molar-refractivity contribution in [1.29, 1.82) is 0 Å². The third-order valence-electron chi connectivity index (χ3n) is 2.54. The first-order chi connectivity index (χ1) is 9.65. The molecule has 116 valence electrons. The molecule has 1 aromatic carbocycles. The van der Waals surface area contributed by atoms with Crippen LogP contribution >= 0.6 is 11.6 Å². The molecule has 6 heteroatoms. The van der Waals surface area contributed by atoms with Gasteiger partial charge in [-0.25, -0.2) is 4.79 Å². The van der Waals surface area contributed by atoms with Gasteiger partial charge in [-0.05, 0) is 44.9 Å². The average molecular weight is 314 g/mol. The number of hydrogen-bond acceptors (Lipinski definition) is 3. The number of amides is 1. The van der Waals surface area contributed by atoms with E-state index in [0.717, 1.165) is 5.56 Å². The molecule has 1 aromatic rings. The quantitative estimate of drug-likeness (QED) is 0.875. The minimum atomic E-state index is -0.981. The zero-order chi connectivity index (χ0) is 16.0. The summed E-state index contributed by atoms with van der Waals surface area (Å²) in [6.07, 6.45) is -0.410. The van der Waals surface area contributed by atoms with Crippen molar-refractivity contribution >= 4 is 23.7 Å². The van der Waals surface area contributed by atoms with Crippen molar-refractivity contribution in [3.63, 3.8) is 0 Å². The van der Waals surface area contributed by atoms with Crippen LogP contribution in [0.5, 0.6) is 0 Å². The van der Waals surface area contributed by atoms with E-state index in [2.05, 4.69) is 5.32 Å². The van der Waals surface area contributed by atoms with Gasteiger partial charge in [0.1, 0.15) is 5.60 Å². The third kappa shape index (κ3) is 7.56. The molecule has 0 aliphatic rings. The van der Waals surface area contributed by atoms with Gasteiger partial charge in [0.25, 0.3) is 0 Å². The van der Waals surface area contributed by atoms with Gasteiger partial charge in [-0.2, -0.15) is 0 Å². The summed E-state index contributed by atoms with van der Waals surface area (Å²) in [6.45, 7) is 5.24. The van der Waals surface area contributed by atoms with E-state index in [1.807, 2.05) is 0 Å². The van der Waals surface area contributed by atoms with Gasteiger partial charge >= 0.3 is 12.1 Å². The number of aliphatic carboxylic acids is 1. The molecule has 0 unspecified atom stereocenters. The van der Waals surface area contributed by atoms with Crippen LogP contribution in [0, 0.1) is 0 Å². The van der Waals surface area contributed by atoms with E-state index in [1.54, 1.807) is 45.0 Å². The van der Waals surface area contributed by atoms with Crippen LogP contribution < -0.4 is 5.32 Å². The third-order valence-corrected chi connectivity index (χ3v) is 2.79. The maximum atomic E-state index is 11.7. The van der Waals surface area contributed by atoms with Crippen molar-refractivity contribution in [3.05, 3.63) is 34.9 Å². The zero-order valence-corrected chi connectivity index (χ0v) is 13.1. The fourth-order valence-corrected chi connectivity index (χ4v) is 1.89. The van der Waals surface area contributed by atoms with Crippen LogP contribution in [-0.4, -0.2) is 28.8 Å². The van der Waals surface area contributed by atoms with Crippen LogP contribution in [0.1, 0.15) is 32.8 Å². The number of hydrogen-bond donors (Lipinski definition) is 2. The zero-order valence-electron chi connectivity index (χ0n) is 12.4. The smallest absolute Gasteiger partial charge is 0.407 e. The Bertz CT molecular complexity index is 493. The van der Waals surface area contributed by atoms with Crippen molar-refractivity contribution in [2.24, 2.45) is 0 Å². The van der Waals surface area contributed by atoms with Crippen LogP contribution in [0.15, 0.2) is 24.3 Å². The minimum absolute atomic E-state index is 0.179. The van der Waals surface area contributed by atoms with Crippen LogP contribution in [0.2, 0.25) is 5.02 Å². The van der Waals surface area contributed by atoms with E-state index >= 15 is 0 Å². The summed E-state index contributed by atoms with van der Waals surface area (Å²) in [5.41, 5.74) is 0.264. The Labute approximate surface area is 129 Å². The number of carbonyl (C=O) groups is 2. The van der Waals surface area contributed by atoms with Crippen molar-refractivity contribution in [3.8, 4) is 0 Å². The first-order valence-corrected chi connectivity index (χ1v) is 6.99. The Morgan fingerprint density at radius 2 is 1.86 bits per heavy atom. The maximum absolute atomic E-state index is 11.7. The fraction of sp³-hybridized carbons (Fsp3) is 0.467. The summed E-state index contributed by atoms with van der Waals surface area (Å²) < 4.78 is 5.14. The monoisotopic (exact) mass is 313 g/mol. The average Bonchev–Trinajstić information content (AvgIpc) is 2.28. The molecule has 0 bridgehead atoms. The molecule has 21 heavy (non-hydrogen) atoms. The molecule has 0 aromatic heterocycles. The molecule has 0 radical (unpaired) electrons. The van der Waals surface area contributed by atoms with E-state index in [0.29, 0.717) is 11.4 Å². The van der Waals surface area contributed by atoms with E-state index in [-0.39, 0.29) is 6.42 Å². The van der Waals surface area contributed by atoms with Gasteiger partial charge in [0.15, 0.2) is 0 Å². The standard InChI is InChI=1S/C15H20ClNO4/c1-15(2,3)21-14(20)17-12(9-13(18)19)8-10-4-6-11(16)7-5-10/h4-7,12H,8-9H2,1-3H3,(H,17,20)(H,18,19)/t12-/m1/s1. The second-order valence-corrected chi connectivity index (χ2v) is 6.21. The van der Waals surface area contributed by atoms with E-state index < -0.39 is 23.7 Å². The number of halogens is 1. The van der Waals surface area contributed by atoms with Gasteiger partial charge in [0.2, 0.25) is 0 Å². The molecule has 0 aliphatic heterocycles. The molecule has 0 fully saturated rings. The predicted molar refractivity (Wildman–Crippen MR) is 80.6 cm³/mol. The highest BCUT2D eigenvalue weighted by atomic mass is 35.5. The Balaban J connectivity index is 2.69. The Kier molecular flexibility index (Phi) is 6.03. The lowest BCUT2D eigenvalue weighted by atomic mass is 10.0. The molecule has 2 N–H and O–H groups in total. The maximum Gasteiger partial charge on any atom is 0.407 e. The summed E-state index contributed by atoms with van der Waals surface area (Å²) >= 11 is 5.81. The summed E-state index contributed by atoms with van der Waals surface area (Å²) in [5.74, 6) is -0.981. The Hall–Kier alpha value is -1.75. The minimum Gasteiger partial charge on any atom is -0.481 e. The summed E-state index contributed by atoms with van der Waals surface area (Å²) in [6, 6.07) is 6.50. The molecule has 0 saturated carbocycles. The topological polar surface area (TPSA) is 75.6 Å². The number of rotatable bonds is 5. The highest BCUT2D eigenvalue weighted by molar-refractivity contribution is 6.30. The van der Waals surface area contributed by atoms with E-state index in [4.69, 9.17) is 21.4 Å². The van der Waals surface area contributed by atoms with Gasteiger partial charge in [-0.3, -0.25) is 4.79 Å². The highest BCUT2D eigenvalue weighted by Crippen LogP contribution is 2.13. The second kappa shape index (κ2) is 7.31. The molecular formula is C15H20ClNO4. The van der Waals surface area contributed by atoms with Gasteiger partial charge in [-0.15, -0.1) is 0 Å². The van der Waals surface area contributed by atoms with Crippen molar-refractivity contribution in [1.82, 2.24) is 5.32 Å². The first kappa shape index (κ1) is 17.3. The van der Waals surface area contributed by atoms with E-state index in [1.165, 1.54) is 0 Å². The largest absolute Gasteiger partial charge is 0.481 e. The Morgan fingerprint density at radius 3 is 2.33 bits per heavy atom. The van der Waals surface area contributed by atoms with Gasteiger partial charge in [-0.1, -0.05) is 23.7 Å². The van der Waals surface area contributed by atoms with Crippen LogP contribution in [0.4, 0.5) is 4.79 Å². The Morgan fingerprint density at radius 1 is 1.29 bits per heavy atom. The first-order valence-electron chi connectivity index (χ1n) is 6.61. The fourth-order valence-electron chi connectivity index (χ4n) is 1.76. The number of ether oxygens (including phenoxy) is 1. The number of alkyl carbamates (subject to hydrolysis) is 1. The molecule has 1 rings (SSSR count). The van der Waals surface area contributed by atoms with Crippen LogP contribution in [-0.2, 0) is 16.0 Å². The summed E-state index contributed by atoms with van der Waals surface area (Å²) in [7, 11) is 0. The lowest BCUT2D eigenvalue weighted by molar-refractivity contribution is -0.137. The number of carboxylic acids is 1. The number of carbonyl (C=O) groups excluding carboxylic acids is 1. The lowest BCUT2D eigenvalue weighted by Crippen LogP contribution is -2.41.